The van der Waals surface area contributed by atoms with Crippen LogP contribution < -0.4 is 10.1 Å². The molecule has 0 aliphatic heterocycles. The number of aryl methyl sites for hydroxylation is 2. The Bertz CT molecular complexity index is 710. The van der Waals surface area contributed by atoms with E-state index in [2.05, 4.69) is 10.4 Å². The van der Waals surface area contributed by atoms with Crippen molar-refractivity contribution in [3.8, 4) is 5.75 Å². The van der Waals surface area contributed by atoms with E-state index in [1.807, 2.05) is 25.1 Å². The molecule has 0 spiro atoms. The van der Waals surface area contributed by atoms with Crippen molar-refractivity contribution in [2.75, 3.05) is 18.5 Å². The number of carbonyl (C=O) groups excluding carboxylic acids is 2. The second-order valence-electron chi connectivity index (χ2n) is 5.29. The number of carbonyl (C=O) groups is 2. The smallest absolute Gasteiger partial charge is 0.309 e. The van der Waals surface area contributed by atoms with Gasteiger partial charge in [-0.05, 0) is 26.0 Å². The number of nitrogens with one attached hydrogen (secondary N) is 1. The molecule has 0 unspecified atom stereocenters. The quantitative estimate of drug-likeness (QED) is 0.785. The fourth-order valence-electron chi connectivity index (χ4n) is 2.12. The van der Waals surface area contributed by atoms with E-state index < -0.39 is 11.9 Å². The molecule has 7 nitrogen and oxygen atoms in total. The first-order valence-electron chi connectivity index (χ1n) is 7.61. The summed E-state index contributed by atoms with van der Waals surface area (Å²) < 4.78 is 12.0. The molecule has 2 rings (SSSR count). The van der Waals surface area contributed by atoms with E-state index in [1.165, 1.54) is 0 Å². The van der Waals surface area contributed by atoms with Gasteiger partial charge >= 0.3 is 5.97 Å². The summed E-state index contributed by atoms with van der Waals surface area (Å²) in [5.74, 6) is -0.196. The number of para-hydroxylation sites is 1. The number of amides is 1. The van der Waals surface area contributed by atoms with Gasteiger partial charge in [0.05, 0.1) is 30.1 Å². The van der Waals surface area contributed by atoms with Gasteiger partial charge in [0.25, 0.3) is 5.91 Å². The van der Waals surface area contributed by atoms with Crippen molar-refractivity contribution < 1.29 is 19.1 Å². The summed E-state index contributed by atoms with van der Waals surface area (Å²) in [6, 6.07) is 9.18. The van der Waals surface area contributed by atoms with E-state index >= 15 is 0 Å². The molecular formula is C17H21N3O4. The summed E-state index contributed by atoms with van der Waals surface area (Å²) in [5.41, 5.74) is 2.19. The van der Waals surface area contributed by atoms with Gasteiger partial charge in [-0.15, -0.1) is 0 Å². The fraction of sp³-hybridized carbons (Fsp3) is 0.353. The van der Waals surface area contributed by atoms with Crippen molar-refractivity contribution in [1.82, 2.24) is 9.78 Å². The van der Waals surface area contributed by atoms with Crippen LogP contribution in [0.5, 0.6) is 5.75 Å². The Kier molecular flexibility index (Phi) is 5.95. The Morgan fingerprint density at radius 1 is 1.21 bits per heavy atom. The first-order chi connectivity index (χ1) is 11.5. The van der Waals surface area contributed by atoms with Crippen LogP contribution >= 0.6 is 0 Å². The number of hydrogen-bond acceptors (Lipinski definition) is 5. The van der Waals surface area contributed by atoms with Crippen molar-refractivity contribution in [3.05, 3.63) is 41.7 Å². The van der Waals surface area contributed by atoms with Gasteiger partial charge in [0, 0.05) is 7.05 Å². The molecule has 1 heterocycles. The molecule has 2 aromatic rings. The van der Waals surface area contributed by atoms with Crippen molar-refractivity contribution >= 4 is 17.6 Å². The van der Waals surface area contributed by atoms with E-state index in [4.69, 9.17) is 9.47 Å². The third-order valence-corrected chi connectivity index (χ3v) is 3.46. The summed E-state index contributed by atoms with van der Waals surface area (Å²) in [6.45, 7) is 3.52. The lowest BCUT2D eigenvalue weighted by molar-refractivity contribution is -0.147. The standard InChI is InChI=1S/C17H21N3O4/c1-12-17(13(2)20(3)19-12)18-15(21)11-24-16(22)9-10-23-14-7-5-4-6-8-14/h4-8H,9-11H2,1-3H3,(H,18,21). The molecule has 0 atom stereocenters. The first-order valence-corrected chi connectivity index (χ1v) is 7.61. The predicted octanol–water partition coefficient (Wildman–Crippen LogP) is 1.99. The number of aromatic nitrogens is 2. The van der Waals surface area contributed by atoms with Crippen molar-refractivity contribution in [3.63, 3.8) is 0 Å². The molecule has 0 bridgehead atoms. The Morgan fingerprint density at radius 2 is 1.92 bits per heavy atom. The SMILES string of the molecule is Cc1nn(C)c(C)c1NC(=O)COC(=O)CCOc1ccccc1. The Balaban J connectivity index is 1.70. The third kappa shape index (κ3) is 4.84. The van der Waals surface area contributed by atoms with Gasteiger partial charge in [0.2, 0.25) is 0 Å². The number of esters is 1. The van der Waals surface area contributed by atoms with E-state index in [-0.39, 0.29) is 19.6 Å². The molecule has 0 radical (unpaired) electrons. The summed E-state index contributed by atoms with van der Waals surface area (Å²) in [4.78, 5) is 23.5. The molecule has 24 heavy (non-hydrogen) atoms. The second kappa shape index (κ2) is 8.14. The maximum absolute atomic E-state index is 11.9. The van der Waals surface area contributed by atoms with Crippen LogP contribution in [0.2, 0.25) is 0 Å². The largest absolute Gasteiger partial charge is 0.493 e. The fourth-order valence-corrected chi connectivity index (χ4v) is 2.12. The minimum Gasteiger partial charge on any atom is -0.493 e. The summed E-state index contributed by atoms with van der Waals surface area (Å²) in [5, 5.41) is 6.91. The molecule has 1 aromatic carbocycles. The Morgan fingerprint density at radius 3 is 2.54 bits per heavy atom. The lowest BCUT2D eigenvalue weighted by atomic mass is 10.3. The van der Waals surface area contributed by atoms with Crippen LogP contribution in [0.4, 0.5) is 5.69 Å². The molecule has 0 aliphatic carbocycles. The van der Waals surface area contributed by atoms with Gasteiger partial charge in [-0.1, -0.05) is 18.2 Å². The molecule has 128 valence electrons. The highest BCUT2D eigenvalue weighted by Crippen LogP contribution is 2.18. The molecular weight excluding hydrogens is 310 g/mol. The number of ether oxygens (including phenoxy) is 2. The average molecular weight is 331 g/mol. The monoisotopic (exact) mass is 331 g/mol. The lowest BCUT2D eigenvalue weighted by Gasteiger charge is -2.08. The van der Waals surface area contributed by atoms with Crippen molar-refractivity contribution in [2.45, 2.75) is 20.3 Å². The molecule has 0 saturated carbocycles. The number of hydrogen-bond donors (Lipinski definition) is 1. The van der Waals surface area contributed by atoms with Crippen molar-refractivity contribution in [1.29, 1.82) is 0 Å². The number of rotatable bonds is 7. The highest BCUT2D eigenvalue weighted by molar-refractivity contribution is 5.93. The Hall–Kier alpha value is -2.83. The van der Waals surface area contributed by atoms with E-state index in [1.54, 1.807) is 30.8 Å². The molecule has 1 aromatic heterocycles. The van der Waals surface area contributed by atoms with Crippen LogP contribution in [0.3, 0.4) is 0 Å². The minimum absolute atomic E-state index is 0.0765. The summed E-state index contributed by atoms with van der Waals surface area (Å²) in [7, 11) is 1.80. The molecule has 1 N–H and O–H groups in total. The van der Waals surface area contributed by atoms with Gasteiger partial charge < -0.3 is 14.8 Å². The number of anilines is 1. The third-order valence-electron chi connectivity index (χ3n) is 3.46. The minimum atomic E-state index is -0.485. The number of benzene rings is 1. The van der Waals surface area contributed by atoms with Gasteiger partial charge in [0.1, 0.15) is 5.75 Å². The topological polar surface area (TPSA) is 82.5 Å². The maximum atomic E-state index is 11.9. The van der Waals surface area contributed by atoms with Gasteiger partial charge in [-0.3, -0.25) is 14.3 Å². The van der Waals surface area contributed by atoms with Gasteiger partial charge in [0.15, 0.2) is 6.61 Å². The van der Waals surface area contributed by atoms with Crippen LogP contribution in [0.15, 0.2) is 30.3 Å². The lowest BCUT2D eigenvalue weighted by Crippen LogP contribution is -2.22. The summed E-state index contributed by atoms with van der Waals surface area (Å²) >= 11 is 0. The first kappa shape index (κ1) is 17.5. The van der Waals surface area contributed by atoms with Crippen LogP contribution in [0.1, 0.15) is 17.8 Å². The van der Waals surface area contributed by atoms with E-state index in [0.717, 1.165) is 5.69 Å². The molecule has 0 aliphatic rings. The van der Waals surface area contributed by atoms with Crippen LogP contribution in [0.25, 0.3) is 0 Å². The molecule has 0 fully saturated rings. The number of nitrogens with zero attached hydrogens (tertiary/aromatic N) is 2. The van der Waals surface area contributed by atoms with Crippen LogP contribution in [0, 0.1) is 13.8 Å². The normalized spacial score (nSPS) is 10.3. The van der Waals surface area contributed by atoms with Crippen LogP contribution in [-0.2, 0) is 21.4 Å². The molecule has 1 amide bonds. The van der Waals surface area contributed by atoms with Crippen molar-refractivity contribution in [2.24, 2.45) is 7.05 Å². The second-order valence-corrected chi connectivity index (χ2v) is 5.29. The molecule has 0 saturated heterocycles. The molecule has 7 heteroatoms. The predicted molar refractivity (Wildman–Crippen MR) is 88.8 cm³/mol. The zero-order valence-electron chi connectivity index (χ0n) is 14.0. The van der Waals surface area contributed by atoms with Crippen LogP contribution in [-0.4, -0.2) is 34.9 Å². The van der Waals surface area contributed by atoms with Gasteiger partial charge in [-0.25, -0.2) is 0 Å². The summed E-state index contributed by atoms with van der Waals surface area (Å²) in [6.07, 6.45) is 0.0765. The average Bonchev–Trinajstić information content (AvgIpc) is 2.80. The Labute approximate surface area is 140 Å². The zero-order chi connectivity index (χ0) is 17.5. The van der Waals surface area contributed by atoms with Gasteiger partial charge in [-0.2, -0.15) is 5.10 Å². The van der Waals surface area contributed by atoms with E-state index in [0.29, 0.717) is 17.1 Å². The zero-order valence-corrected chi connectivity index (χ0v) is 14.0. The highest BCUT2D eigenvalue weighted by Gasteiger charge is 2.14. The maximum Gasteiger partial charge on any atom is 0.309 e. The highest BCUT2D eigenvalue weighted by atomic mass is 16.5. The van der Waals surface area contributed by atoms with E-state index in [9.17, 15) is 9.59 Å².